The van der Waals surface area contributed by atoms with Crippen molar-refractivity contribution < 1.29 is 18.3 Å². The molecule has 0 amide bonds. The van der Waals surface area contributed by atoms with Crippen LogP contribution in [0.5, 0.6) is 5.75 Å². The fraction of sp³-hybridized carbons (Fsp3) is 0.571. The zero-order chi connectivity index (χ0) is 16.0. The van der Waals surface area contributed by atoms with Gasteiger partial charge in [-0.05, 0) is 23.6 Å². The zero-order valence-corrected chi connectivity index (χ0v) is 13.7. The Labute approximate surface area is 126 Å². The average Bonchev–Trinajstić information content (AvgIpc) is 2.44. The summed E-state index contributed by atoms with van der Waals surface area (Å²) >= 11 is 0. The van der Waals surface area contributed by atoms with Gasteiger partial charge in [0, 0.05) is 19.6 Å². The first-order valence-corrected chi connectivity index (χ1v) is 8.21. The van der Waals surface area contributed by atoms with Crippen molar-refractivity contribution in [3.63, 3.8) is 0 Å². The Morgan fingerprint density at radius 1 is 1.38 bits per heavy atom. The third kappa shape index (κ3) is 5.28. The first kappa shape index (κ1) is 17.9. The smallest absolute Gasteiger partial charge is 0.279 e. The van der Waals surface area contributed by atoms with Crippen LogP contribution >= 0.6 is 0 Å². The number of nitrogens with zero attached hydrogens (tertiary/aromatic N) is 1. The predicted octanol–water partition coefficient (Wildman–Crippen LogP) is 0.978. The molecule has 0 aliphatic rings. The molecule has 0 bridgehead atoms. The van der Waals surface area contributed by atoms with E-state index in [0.29, 0.717) is 5.75 Å². The Bertz CT molecular complexity index is 546. The minimum Gasteiger partial charge on any atom is -0.497 e. The first-order chi connectivity index (χ1) is 9.80. The van der Waals surface area contributed by atoms with Gasteiger partial charge >= 0.3 is 0 Å². The van der Waals surface area contributed by atoms with Crippen molar-refractivity contribution in [1.82, 2.24) is 9.03 Å². The van der Waals surface area contributed by atoms with Crippen LogP contribution in [0.3, 0.4) is 0 Å². The molecule has 0 unspecified atom stereocenters. The maximum Gasteiger partial charge on any atom is 0.279 e. The van der Waals surface area contributed by atoms with Crippen LogP contribution in [0.1, 0.15) is 19.4 Å². The standard InChI is InChI=1S/C14H24N2O4S/c1-11(2)14(10-17)15-21(18,19)16(3)9-12-6-5-7-13(8-12)20-4/h5-8,11,14-15,17H,9-10H2,1-4H3/t14-/m1/s1. The second-order valence-electron chi connectivity index (χ2n) is 5.26. The minimum atomic E-state index is -3.65. The normalized spacial score (nSPS) is 13.7. The maximum atomic E-state index is 12.2. The Hall–Kier alpha value is -1.15. The average molecular weight is 316 g/mol. The van der Waals surface area contributed by atoms with Crippen molar-refractivity contribution in [2.75, 3.05) is 20.8 Å². The molecule has 0 fully saturated rings. The summed E-state index contributed by atoms with van der Waals surface area (Å²) in [5, 5.41) is 9.24. The second kappa shape index (κ2) is 7.74. The van der Waals surface area contributed by atoms with E-state index in [9.17, 15) is 13.5 Å². The van der Waals surface area contributed by atoms with Crippen molar-refractivity contribution in [2.45, 2.75) is 26.4 Å². The van der Waals surface area contributed by atoms with E-state index in [2.05, 4.69) is 4.72 Å². The second-order valence-corrected chi connectivity index (χ2v) is 7.07. The van der Waals surface area contributed by atoms with Crippen LogP contribution in [0.15, 0.2) is 24.3 Å². The Kier molecular flexibility index (Phi) is 6.60. The van der Waals surface area contributed by atoms with E-state index >= 15 is 0 Å². The van der Waals surface area contributed by atoms with Crippen LogP contribution < -0.4 is 9.46 Å². The van der Waals surface area contributed by atoms with Gasteiger partial charge in [0.25, 0.3) is 10.2 Å². The molecule has 0 aliphatic carbocycles. The van der Waals surface area contributed by atoms with Gasteiger partial charge in [-0.2, -0.15) is 17.4 Å². The lowest BCUT2D eigenvalue weighted by atomic mass is 10.1. The van der Waals surface area contributed by atoms with Gasteiger partial charge in [0.05, 0.1) is 13.7 Å². The van der Waals surface area contributed by atoms with Gasteiger partial charge in [0.1, 0.15) is 5.75 Å². The summed E-state index contributed by atoms with van der Waals surface area (Å²) in [7, 11) is -0.590. The van der Waals surface area contributed by atoms with E-state index < -0.39 is 16.3 Å². The summed E-state index contributed by atoms with van der Waals surface area (Å²) in [5.41, 5.74) is 0.826. The molecule has 2 N–H and O–H groups in total. The molecule has 120 valence electrons. The summed E-state index contributed by atoms with van der Waals surface area (Å²) in [5.74, 6) is 0.691. The van der Waals surface area contributed by atoms with Crippen LogP contribution in [0, 0.1) is 5.92 Å². The molecule has 0 spiro atoms. The van der Waals surface area contributed by atoms with Crippen molar-refractivity contribution in [3.8, 4) is 5.75 Å². The lowest BCUT2D eigenvalue weighted by molar-refractivity contribution is 0.225. The fourth-order valence-corrected chi connectivity index (χ4v) is 3.01. The molecule has 0 aromatic heterocycles. The molecule has 1 aromatic carbocycles. The van der Waals surface area contributed by atoms with Crippen LogP contribution in [0.2, 0.25) is 0 Å². The largest absolute Gasteiger partial charge is 0.497 e. The monoisotopic (exact) mass is 316 g/mol. The first-order valence-electron chi connectivity index (χ1n) is 6.77. The van der Waals surface area contributed by atoms with E-state index in [1.165, 1.54) is 11.4 Å². The van der Waals surface area contributed by atoms with Gasteiger partial charge in [0.15, 0.2) is 0 Å². The summed E-state index contributed by atoms with van der Waals surface area (Å²) in [6, 6.07) is 6.74. The van der Waals surface area contributed by atoms with Crippen molar-refractivity contribution in [1.29, 1.82) is 0 Å². The highest BCUT2D eigenvalue weighted by Gasteiger charge is 2.24. The van der Waals surface area contributed by atoms with E-state index in [1.807, 2.05) is 26.0 Å². The minimum absolute atomic E-state index is 0.00925. The number of aliphatic hydroxyl groups excluding tert-OH is 1. The molecular weight excluding hydrogens is 292 g/mol. The summed E-state index contributed by atoms with van der Waals surface area (Å²) in [6.07, 6.45) is 0. The van der Waals surface area contributed by atoms with Crippen molar-refractivity contribution in [2.24, 2.45) is 5.92 Å². The molecule has 1 aromatic rings. The van der Waals surface area contributed by atoms with E-state index in [0.717, 1.165) is 5.56 Å². The lowest BCUT2D eigenvalue weighted by Gasteiger charge is -2.24. The summed E-state index contributed by atoms with van der Waals surface area (Å²) in [6.45, 7) is 3.70. The summed E-state index contributed by atoms with van der Waals surface area (Å²) in [4.78, 5) is 0. The molecule has 0 radical (unpaired) electrons. The van der Waals surface area contributed by atoms with Crippen LogP contribution in [0.4, 0.5) is 0 Å². The van der Waals surface area contributed by atoms with E-state index in [4.69, 9.17) is 4.74 Å². The molecule has 21 heavy (non-hydrogen) atoms. The number of aliphatic hydroxyl groups is 1. The van der Waals surface area contributed by atoms with Crippen LogP contribution in [-0.4, -0.2) is 44.6 Å². The molecular formula is C14H24N2O4S. The molecule has 6 nitrogen and oxygen atoms in total. The highest BCUT2D eigenvalue weighted by atomic mass is 32.2. The Balaban J connectivity index is 2.78. The van der Waals surface area contributed by atoms with E-state index in [-0.39, 0.29) is 19.1 Å². The molecule has 0 saturated carbocycles. The van der Waals surface area contributed by atoms with Gasteiger partial charge < -0.3 is 9.84 Å². The number of hydrogen-bond donors (Lipinski definition) is 2. The molecule has 1 rings (SSSR count). The summed E-state index contributed by atoms with van der Waals surface area (Å²) < 4.78 is 33.3. The molecule has 0 aliphatic heterocycles. The quantitative estimate of drug-likeness (QED) is 0.749. The number of ether oxygens (including phenoxy) is 1. The topological polar surface area (TPSA) is 78.9 Å². The molecule has 0 heterocycles. The SMILES string of the molecule is COc1cccc(CN(C)S(=O)(=O)N[C@H](CO)C(C)C)c1. The number of rotatable bonds is 8. The number of benzene rings is 1. The predicted molar refractivity (Wildman–Crippen MR) is 82.2 cm³/mol. The number of hydrogen-bond acceptors (Lipinski definition) is 4. The number of nitrogens with one attached hydrogen (secondary N) is 1. The van der Waals surface area contributed by atoms with Gasteiger partial charge in [-0.3, -0.25) is 0 Å². The van der Waals surface area contributed by atoms with Gasteiger partial charge in [-0.15, -0.1) is 0 Å². The molecule has 1 atom stereocenters. The van der Waals surface area contributed by atoms with E-state index in [1.54, 1.807) is 19.2 Å². The Morgan fingerprint density at radius 3 is 2.57 bits per heavy atom. The lowest BCUT2D eigenvalue weighted by Crippen LogP contribution is -2.47. The van der Waals surface area contributed by atoms with Crippen LogP contribution in [0.25, 0.3) is 0 Å². The maximum absolute atomic E-state index is 12.2. The van der Waals surface area contributed by atoms with Gasteiger partial charge in [-0.25, -0.2) is 0 Å². The van der Waals surface area contributed by atoms with Crippen molar-refractivity contribution in [3.05, 3.63) is 29.8 Å². The van der Waals surface area contributed by atoms with Gasteiger partial charge in [-0.1, -0.05) is 26.0 Å². The third-order valence-electron chi connectivity index (χ3n) is 3.25. The molecule has 7 heteroatoms. The highest BCUT2D eigenvalue weighted by molar-refractivity contribution is 7.87. The Morgan fingerprint density at radius 2 is 2.05 bits per heavy atom. The van der Waals surface area contributed by atoms with Crippen molar-refractivity contribution >= 4 is 10.2 Å². The molecule has 0 saturated heterocycles. The third-order valence-corrected chi connectivity index (χ3v) is 4.80. The van der Waals surface area contributed by atoms with Gasteiger partial charge in [0.2, 0.25) is 0 Å². The van der Waals surface area contributed by atoms with Crippen LogP contribution in [-0.2, 0) is 16.8 Å². The highest BCUT2D eigenvalue weighted by Crippen LogP contribution is 2.15. The number of methoxy groups -OCH3 is 1. The fourth-order valence-electron chi connectivity index (χ4n) is 1.78. The zero-order valence-electron chi connectivity index (χ0n) is 12.9.